The van der Waals surface area contributed by atoms with Crippen molar-refractivity contribution in [3.05, 3.63) is 107 Å². The van der Waals surface area contributed by atoms with Crippen LogP contribution < -0.4 is 9.84 Å². The van der Waals surface area contributed by atoms with Gasteiger partial charge in [-0.15, -0.1) is 0 Å². The number of allylic oxidation sites excluding steroid dienone is 7. The van der Waals surface area contributed by atoms with Crippen molar-refractivity contribution < 1.29 is 9.84 Å². The van der Waals surface area contributed by atoms with E-state index in [0.717, 1.165) is 16.7 Å². The summed E-state index contributed by atoms with van der Waals surface area (Å²) in [5, 5.41) is 12.5. The lowest BCUT2D eigenvalue weighted by atomic mass is 10.1. The summed E-state index contributed by atoms with van der Waals surface area (Å²) >= 11 is 0. The van der Waals surface area contributed by atoms with E-state index in [1.807, 2.05) is 85.8 Å². The SMILES string of the molecule is Cc1ccc(C([O-])=CC=C2C=CC=C2)c(OCc2ccccc2)c1. The average molecular weight is 315 g/mol. The number of hydrogen-bond donors (Lipinski definition) is 0. The predicted molar refractivity (Wildman–Crippen MR) is 96.3 cm³/mol. The lowest BCUT2D eigenvalue weighted by molar-refractivity contribution is -0.243. The van der Waals surface area contributed by atoms with Crippen LogP contribution in [0.4, 0.5) is 0 Å². The molecule has 0 saturated heterocycles. The summed E-state index contributed by atoms with van der Waals surface area (Å²) in [5.41, 5.74) is 3.74. The molecule has 0 N–H and O–H groups in total. The van der Waals surface area contributed by atoms with Gasteiger partial charge in [0.15, 0.2) is 0 Å². The van der Waals surface area contributed by atoms with Gasteiger partial charge in [-0.1, -0.05) is 84.7 Å². The van der Waals surface area contributed by atoms with Gasteiger partial charge in [-0.3, -0.25) is 0 Å². The van der Waals surface area contributed by atoms with Crippen LogP contribution in [0.2, 0.25) is 0 Å². The molecule has 0 atom stereocenters. The van der Waals surface area contributed by atoms with Gasteiger partial charge in [-0.2, -0.15) is 0 Å². The van der Waals surface area contributed by atoms with Crippen LogP contribution in [0.15, 0.2) is 90.6 Å². The van der Waals surface area contributed by atoms with Crippen molar-refractivity contribution in [2.75, 3.05) is 0 Å². The molecule has 0 fully saturated rings. The van der Waals surface area contributed by atoms with Crippen LogP contribution in [0.25, 0.3) is 5.76 Å². The molecule has 0 aliphatic heterocycles. The maximum atomic E-state index is 12.5. The minimum atomic E-state index is -0.0562. The molecule has 3 rings (SSSR count). The topological polar surface area (TPSA) is 32.3 Å². The molecule has 2 aromatic rings. The van der Waals surface area contributed by atoms with E-state index in [-0.39, 0.29) is 5.76 Å². The first kappa shape index (κ1) is 15.9. The molecule has 2 heteroatoms. The number of ether oxygens (including phenoxy) is 1. The Hall–Kier alpha value is -3.00. The van der Waals surface area contributed by atoms with Gasteiger partial charge in [0.05, 0.1) is 0 Å². The highest BCUT2D eigenvalue weighted by atomic mass is 16.5. The fraction of sp³-hybridized carbons (Fsp3) is 0.0909. The Morgan fingerprint density at radius 1 is 1.04 bits per heavy atom. The van der Waals surface area contributed by atoms with Crippen molar-refractivity contribution in [1.82, 2.24) is 0 Å². The van der Waals surface area contributed by atoms with Gasteiger partial charge in [0.1, 0.15) is 12.4 Å². The monoisotopic (exact) mass is 315 g/mol. The largest absolute Gasteiger partial charge is 0.872 e. The van der Waals surface area contributed by atoms with Crippen molar-refractivity contribution in [2.45, 2.75) is 13.5 Å². The van der Waals surface area contributed by atoms with Crippen molar-refractivity contribution in [2.24, 2.45) is 0 Å². The van der Waals surface area contributed by atoms with Crippen LogP contribution in [0, 0.1) is 6.92 Å². The summed E-state index contributed by atoms with van der Waals surface area (Å²) in [6.07, 6.45) is 11.2. The molecular formula is C22H19O2-. The van der Waals surface area contributed by atoms with Crippen molar-refractivity contribution in [1.29, 1.82) is 0 Å². The third-order valence-electron chi connectivity index (χ3n) is 3.76. The number of benzene rings is 2. The van der Waals surface area contributed by atoms with Crippen LogP contribution in [-0.4, -0.2) is 0 Å². The number of rotatable bonds is 5. The summed E-state index contributed by atoms with van der Waals surface area (Å²) in [7, 11) is 0. The Kier molecular flexibility index (Phi) is 4.97. The van der Waals surface area contributed by atoms with Crippen molar-refractivity contribution in [3.8, 4) is 5.75 Å². The molecule has 120 valence electrons. The zero-order valence-electron chi connectivity index (χ0n) is 13.6. The third-order valence-corrected chi connectivity index (χ3v) is 3.76. The van der Waals surface area contributed by atoms with Gasteiger partial charge in [0, 0.05) is 5.56 Å². The lowest BCUT2D eigenvalue weighted by Crippen LogP contribution is -2.06. The molecule has 0 amide bonds. The molecule has 2 nitrogen and oxygen atoms in total. The minimum Gasteiger partial charge on any atom is -0.872 e. The zero-order chi connectivity index (χ0) is 16.8. The standard InChI is InChI=1S/C22H20O2/c1-17-11-13-20(21(23)14-12-18-7-5-6-8-18)22(15-17)24-16-19-9-3-2-4-10-19/h2-15,23H,16H2,1H3/p-1. The summed E-state index contributed by atoms with van der Waals surface area (Å²) in [4.78, 5) is 0. The second kappa shape index (κ2) is 7.51. The molecule has 0 bridgehead atoms. The molecule has 0 aromatic heterocycles. The van der Waals surface area contributed by atoms with E-state index in [1.54, 1.807) is 6.08 Å². The van der Waals surface area contributed by atoms with Crippen molar-refractivity contribution in [3.63, 3.8) is 0 Å². The van der Waals surface area contributed by atoms with E-state index in [1.165, 1.54) is 0 Å². The predicted octanol–water partition coefficient (Wildman–Crippen LogP) is 4.33. The molecule has 0 spiro atoms. The van der Waals surface area contributed by atoms with Gasteiger partial charge in [-0.25, -0.2) is 0 Å². The Bertz CT molecular complexity index is 810. The van der Waals surface area contributed by atoms with Gasteiger partial charge >= 0.3 is 0 Å². The molecule has 1 aliphatic rings. The second-order valence-corrected chi connectivity index (χ2v) is 5.69. The van der Waals surface area contributed by atoms with Gasteiger partial charge < -0.3 is 9.84 Å². The summed E-state index contributed by atoms with van der Waals surface area (Å²) < 4.78 is 5.91. The smallest absolute Gasteiger partial charge is 0.126 e. The Balaban J connectivity index is 1.82. The van der Waals surface area contributed by atoms with Crippen LogP contribution in [-0.2, 0) is 6.61 Å². The molecule has 0 unspecified atom stereocenters. The maximum absolute atomic E-state index is 12.5. The fourth-order valence-corrected chi connectivity index (χ4v) is 2.45. The van der Waals surface area contributed by atoms with Gasteiger partial charge in [0.25, 0.3) is 0 Å². The normalized spacial score (nSPS) is 13.4. The Morgan fingerprint density at radius 3 is 2.54 bits per heavy atom. The summed E-state index contributed by atoms with van der Waals surface area (Å²) in [5.74, 6) is 0.565. The molecular weight excluding hydrogens is 296 g/mol. The van der Waals surface area contributed by atoms with E-state index in [2.05, 4.69) is 0 Å². The third kappa shape index (κ3) is 4.05. The highest BCUT2D eigenvalue weighted by Crippen LogP contribution is 2.26. The Morgan fingerprint density at radius 2 is 1.79 bits per heavy atom. The summed E-state index contributed by atoms with van der Waals surface area (Å²) in [6, 6.07) is 15.6. The highest BCUT2D eigenvalue weighted by Gasteiger charge is 2.04. The number of aryl methyl sites for hydroxylation is 1. The van der Waals surface area contributed by atoms with Crippen LogP contribution in [0.5, 0.6) is 5.75 Å². The van der Waals surface area contributed by atoms with E-state index in [4.69, 9.17) is 4.74 Å². The van der Waals surface area contributed by atoms with Crippen LogP contribution >= 0.6 is 0 Å². The van der Waals surface area contributed by atoms with E-state index >= 15 is 0 Å². The van der Waals surface area contributed by atoms with Crippen molar-refractivity contribution >= 4 is 5.76 Å². The second-order valence-electron chi connectivity index (χ2n) is 5.69. The van der Waals surface area contributed by atoms with Crippen LogP contribution in [0.3, 0.4) is 0 Å². The van der Waals surface area contributed by atoms with E-state index in [9.17, 15) is 5.11 Å². The zero-order valence-corrected chi connectivity index (χ0v) is 13.6. The first-order chi connectivity index (χ1) is 11.7. The molecule has 1 aliphatic carbocycles. The molecule has 0 heterocycles. The fourth-order valence-electron chi connectivity index (χ4n) is 2.45. The van der Waals surface area contributed by atoms with E-state index in [0.29, 0.717) is 17.9 Å². The highest BCUT2D eigenvalue weighted by molar-refractivity contribution is 5.66. The molecule has 2 aromatic carbocycles. The molecule has 24 heavy (non-hydrogen) atoms. The van der Waals surface area contributed by atoms with Gasteiger partial charge in [-0.05, 0) is 29.7 Å². The first-order valence-electron chi connectivity index (χ1n) is 7.94. The van der Waals surface area contributed by atoms with E-state index < -0.39 is 0 Å². The Labute approximate surface area is 142 Å². The van der Waals surface area contributed by atoms with Crippen LogP contribution in [0.1, 0.15) is 16.7 Å². The quantitative estimate of drug-likeness (QED) is 0.769. The maximum Gasteiger partial charge on any atom is 0.126 e. The molecule has 0 radical (unpaired) electrons. The number of hydrogen-bond acceptors (Lipinski definition) is 2. The molecule has 0 saturated carbocycles. The average Bonchev–Trinajstić information content (AvgIpc) is 3.12. The van der Waals surface area contributed by atoms with Gasteiger partial charge in [0.2, 0.25) is 0 Å². The minimum absolute atomic E-state index is 0.0562. The summed E-state index contributed by atoms with van der Waals surface area (Å²) in [6.45, 7) is 2.43. The lowest BCUT2D eigenvalue weighted by Gasteiger charge is -2.18. The first-order valence-corrected chi connectivity index (χ1v) is 7.94.